The van der Waals surface area contributed by atoms with E-state index in [0.717, 1.165) is 32.7 Å². The van der Waals surface area contributed by atoms with Crippen molar-refractivity contribution in [1.29, 1.82) is 0 Å². The van der Waals surface area contributed by atoms with Crippen LogP contribution in [0, 0.1) is 6.92 Å². The monoisotopic (exact) mass is 333 g/mol. The van der Waals surface area contributed by atoms with Crippen LogP contribution in [0.1, 0.15) is 35.2 Å². The molecule has 1 aliphatic rings. The number of nitrogens with zero attached hydrogens (tertiary/aromatic N) is 4. The lowest BCUT2D eigenvalue weighted by Gasteiger charge is -2.36. The summed E-state index contributed by atoms with van der Waals surface area (Å²) < 4.78 is 10.3. The first kappa shape index (κ1) is 16.7. The highest BCUT2D eigenvalue weighted by atomic mass is 16.5. The number of carbonyl (C=O) groups is 1. The van der Waals surface area contributed by atoms with Crippen LogP contribution >= 0.6 is 0 Å². The molecule has 1 amide bonds. The number of aromatic nitrogens is 2. The standard InChI is InChI=1S/C16H23N5O3/c1-12(16-18-13(2)19-24-16)21-9-7-20(8-10-21)6-5-17-15(22)14-4-3-11-23-14/h3-4,11-12H,5-10H2,1-2H3,(H,17,22)/t12-/m0/s1. The number of piperazine rings is 1. The minimum absolute atomic E-state index is 0.131. The smallest absolute Gasteiger partial charge is 0.287 e. The molecule has 24 heavy (non-hydrogen) atoms. The van der Waals surface area contributed by atoms with Crippen molar-refractivity contribution < 1.29 is 13.7 Å². The number of hydrogen-bond acceptors (Lipinski definition) is 7. The van der Waals surface area contributed by atoms with Crippen molar-refractivity contribution in [2.24, 2.45) is 0 Å². The van der Waals surface area contributed by atoms with E-state index in [9.17, 15) is 4.79 Å². The van der Waals surface area contributed by atoms with Crippen LogP contribution in [-0.2, 0) is 0 Å². The number of rotatable bonds is 6. The maximum Gasteiger partial charge on any atom is 0.287 e. The minimum Gasteiger partial charge on any atom is -0.459 e. The van der Waals surface area contributed by atoms with Crippen molar-refractivity contribution in [3.63, 3.8) is 0 Å². The lowest BCUT2D eigenvalue weighted by Crippen LogP contribution is -2.49. The normalized spacial score (nSPS) is 17.8. The van der Waals surface area contributed by atoms with E-state index in [2.05, 4.69) is 32.2 Å². The molecule has 1 saturated heterocycles. The molecule has 8 heteroatoms. The lowest BCUT2D eigenvalue weighted by atomic mass is 10.2. The molecule has 0 saturated carbocycles. The fourth-order valence-corrected chi connectivity index (χ4v) is 2.84. The summed E-state index contributed by atoms with van der Waals surface area (Å²) in [4.78, 5) is 20.8. The molecule has 1 fully saturated rings. The quantitative estimate of drug-likeness (QED) is 0.846. The number of hydrogen-bond donors (Lipinski definition) is 1. The fraction of sp³-hybridized carbons (Fsp3) is 0.562. The summed E-state index contributed by atoms with van der Waals surface area (Å²) in [6.07, 6.45) is 1.50. The topological polar surface area (TPSA) is 87.6 Å². The summed E-state index contributed by atoms with van der Waals surface area (Å²) in [5, 5.41) is 6.73. The van der Waals surface area contributed by atoms with Gasteiger partial charge in [-0.05, 0) is 26.0 Å². The molecule has 1 aliphatic heterocycles. The van der Waals surface area contributed by atoms with Crippen LogP contribution in [0.15, 0.2) is 27.3 Å². The Labute approximate surface area is 140 Å². The molecule has 2 aromatic heterocycles. The van der Waals surface area contributed by atoms with Crippen molar-refractivity contribution >= 4 is 5.91 Å². The van der Waals surface area contributed by atoms with Crippen LogP contribution in [0.3, 0.4) is 0 Å². The van der Waals surface area contributed by atoms with E-state index in [1.54, 1.807) is 12.1 Å². The summed E-state index contributed by atoms with van der Waals surface area (Å²) in [6.45, 7) is 9.14. The Hall–Kier alpha value is -2.19. The Morgan fingerprint density at radius 3 is 2.79 bits per heavy atom. The summed E-state index contributed by atoms with van der Waals surface area (Å²) in [5.74, 6) is 1.52. The molecule has 0 radical (unpaired) electrons. The largest absolute Gasteiger partial charge is 0.459 e. The summed E-state index contributed by atoms with van der Waals surface area (Å²) in [6, 6.07) is 3.50. The van der Waals surface area contributed by atoms with Gasteiger partial charge in [0.1, 0.15) is 0 Å². The third-order valence-corrected chi connectivity index (χ3v) is 4.31. The van der Waals surface area contributed by atoms with E-state index in [1.165, 1.54) is 6.26 Å². The predicted octanol–water partition coefficient (Wildman–Crippen LogP) is 1.08. The van der Waals surface area contributed by atoms with Crippen LogP contribution in [-0.4, -0.2) is 65.1 Å². The molecular weight excluding hydrogens is 310 g/mol. The molecule has 3 heterocycles. The summed E-state index contributed by atoms with van der Waals surface area (Å²) >= 11 is 0. The van der Waals surface area contributed by atoms with Crippen molar-refractivity contribution in [3.8, 4) is 0 Å². The van der Waals surface area contributed by atoms with Gasteiger partial charge in [0, 0.05) is 39.3 Å². The number of nitrogens with one attached hydrogen (secondary N) is 1. The van der Waals surface area contributed by atoms with E-state index in [1.807, 2.05) is 6.92 Å². The zero-order chi connectivity index (χ0) is 16.9. The average molecular weight is 333 g/mol. The molecule has 0 unspecified atom stereocenters. The van der Waals surface area contributed by atoms with Crippen LogP contribution in [0.2, 0.25) is 0 Å². The molecule has 8 nitrogen and oxygen atoms in total. The fourth-order valence-electron chi connectivity index (χ4n) is 2.84. The molecular formula is C16H23N5O3. The van der Waals surface area contributed by atoms with Gasteiger partial charge < -0.3 is 14.3 Å². The third kappa shape index (κ3) is 4.01. The molecule has 0 aliphatic carbocycles. The number of furan rings is 1. The maximum atomic E-state index is 11.8. The highest BCUT2D eigenvalue weighted by Crippen LogP contribution is 2.19. The predicted molar refractivity (Wildman–Crippen MR) is 86.5 cm³/mol. The number of carbonyl (C=O) groups excluding carboxylic acids is 1. The first-order valence-electron chi connectivity index (χ1n) is 8.22. The molecule has 0 aromatic carbocycles. The summed E-state index contributed by atoms with van der Waals surface area (Å²) in [7, 11) is 0. The van der Waals surface area contributed by atoms with Gasteiger partial charge in [0.05, 0.1) is 12.3 Å². The van der Waals surface area contributed by atoms with Gasteiger partial charge in [0.2, 0.25) is 5.89 Å². The van der Waals surface area contributed by atoms with Crippen molar-refractivity contribution in [2.45, 2.75) is 19.9 Å². The van der Waals surface area contributed by atoms with Crippen molar-refractivity contribution in [1.82, 2.24) is 25.3 Å². The van der Waals surface area contributed by atoms with Gasteiger partial charge in [0.25, 0.3) is 5.91 Å². The Kier molecular flexibility index (Phi) is 5.27. The second kappa shape index (κ2) is 7.59. The average Bonchev–Trinajstić information content (AvgIpc) is 3.26. The second-order valence-corrected chi connectivity index (χ2v) is 5.97. The van der Waals surface area contributed by atoms with Crippen molar-refractivity contribution in [2.75, 3.05) is 39.3 Å². The molecule has 2 aromatic rings. The van der Waals surface area contributed by atoms with Crippen LogP contribution < -0.4 is 5.32 Å². The van der Waals surface area contributed by atoms with Gasteiger partial charge in [0.15, 0.2) is 11.6 Å². The van der Waals surface area contributed by atoms with E-state index in [4.69, 9.17) is 8.94 Å². The zero-order valence-electron chi connectivity index (χ0n) is 14.1. The van der Waals surface area contributed by atoms with Gasteiger partial charge in [-0.3, -0.25) is 14.6 Å². The Bertz CT molecular complexity index is 646. The van der Waals surface area contributed by atoms with Gasteiger partial charge in [-0.15, -0.1) is 0 Å². The van der Waals surface area contributed by atoms with Crippen molar-refractivity contribution in [3.05, 3.63) is 35.9 Å². The second-order valence-electron chi connectivity index (χ2n) is 5.97. The highest BCUT2D eigenvalue weighted by molar-refractivity contribution is 5.91. The molecule has 1 N–H and O–H groups in total. The summed E-state index contributed by atoms with van der Waals surface area (Å²) in [5.41, 5.74) is 0. The molecule has 130 valence electrons. The SMILES string of the molecule is Cc1noc([C@H](C)N2CCN(CCNC(=O)c3ccco3)CC2)n1. The number of amides is 1. The first-order valence-corrected chi connectivity index (χ1v) is 8.22. The molecule has 3 rings (SSSR count). The van der Waals surface area contributed by atoms with Gasteiger partial charge in [-0.1, -0.05) is 5.16 Å². The first-order chi connectivity index (χ1) is 11.6. The van der Waals surface area contributed by atoms with Crippen LogP contribution in [0.25, 0.3) is 0 Å². The molecule has 0 spiro atoms. The zero-order valence-corrected chi connectivity index (χ0v) is 14.1. The van der Waals surface area contributed by atoms with E-state index in [0.29, 0.717) is 24.0 Å². The van der Waals surface area contributed by atoms with Gasteiger partial charge in [-0.2, -0.15) is 4.98 Å². The minimum atomic E-state index is -0.168. The Balaban J connectivity index is 1.38. The van der Waals surface area contributed by atoms with Gasteiger partial charge in [-0.25, -0.2) is 0 Å². The van der Waals surface area contributed by atoms with Crippen LogP contribution in [0.5, 0.6) is 0 Å². The molecule has 1 atom stereocenters. The maximum absolute atomic E-state index is 11.8. The Morgan fingerprint density at radius 1 is 1.38 bits per heavy atom. The van der Waals surface area contributed by atoms with Crippen LogP contribution in [0.4, 0.5) is 0 Å². The Morgan fingerprint density at radius 2 is 2.17 bits per heavy atom. The lowest BCUT2D eigenvalue weighted by molar-refractivity contribution is 0.0838. The van der Waals surface area contributed by atoms with E-state index in [-0.39, 0.29) is 11.9 Å². The highest BCUT2D eigenvalue weighted by Gasteiger charge is 2.25. The number of aryl methyl sites for hydroxylation is 1. The molecule has 0 bridgehead atoms. The van der Waals surface area contributed by atoms with E-state index >= 15 is 0 Å². The van der Waals surface area contributed by atoms with E-state index < -0.39 is 0 Å². The third-order valence-electron chi connectivity index (χ3n) is 4.31. The van der Waals surface area contributed by atoms with Gasteiger partial charge >= 0.3 is 0 Å².